The van der Waals surface area contributed by atoms with Gasteiger partial charge in [0.25, 0.3) is 0 Å². The Morgan fingerprint density at radius 3 is 2.48 bits per heavy atom. The van der Waals surface area contributed by atoms with Gasteiger partial charge in [0, 0.05) is 44.0 Å². The molecule has 2 amide bonds. The maximum absolute atomic E-state index is 12.7. The molecule has 2 heterocycles. The molecular formula is C21H23N3O2S. The average Bonchev–Trinajstić information content (AvgIpc) is 2.70. The van der Waals surface area contributed by atoms with Gasteiger partial charge < -0.3 is 10.2 Å². The Morgan fingerprint density at radius 1 is 1.00 bits per heavy atom. The molecule has 1 atom stereocenters. The van der Waals surface area contributed by atoms with E-state index in [9.17, 15) is 9.59 Å². The lowest BCUT2D eigenvalue weighted by atomic mass is 10.2. The Bertz CT molecular complexity index is 819. The van der Waals surface area contributed by atoms with E-state index in [1.165, 1.54) is 17.3 Å². The lowest BCUT2D eigenvalue weighted by Crippen LogP contribution is -2.49. The molecule has 0 radical (unpaired) electrons. The van der Waals surface area contributed by atoms with Gasteiger partial charge in [-0.05, 0) is 17.7 Å². The van der Waals surface area contributed by atoms with Crippen molar-refractivity contribution in [2.75, 3.05) is 31.5 Å². The summed E-state index contributed by atoms with van der Waals surface area (Å²) in [4.78, 5) is 30.3. The average molecular weight is 382 g/mol. The number of hydrogen-bond acceptors (Lipinski definition) is 4. The second kappa shape index (κ2) is 8.15. The second-order valence-corrected chi connectivity index (χ2v) is 8.18. The molecule has 0 bridgehead atoms. The third-order valence-electron chi connectivity index (χ3n) is 5.04. The van der Waals surface area contributed by atoms with E-state index in [-0.39, 0.29) is 23.5 Å². The first-order valence-corrected chi connectivity index (χ1v) is 10.2. The van der Waals surface area contributed by atoms with Crippen molar-refractivity contribution >= 4 is 29.3 Å². The van der Waals surface area contributed by atoms with Crippen molar-refractivity contribution in [3.63, 3.8) is 0 Å². The van der Waals surface area contributed by atoms with E-state index in [1.807, 2.05) is 35.2 Å². The summed E-state index contributed by atoms with van der Waals surface area (Å²) in [5.74, 6) is -0.00356. The van der Waals surface area contributed by atoms with Gasteiger partial charge in [-0.3, -0.25) is 14.5 Å². The quantitative estimate of drug-likeness (QED) is 0.885. The summed E-state index contributed by atoms with van der Waals surface area (Å²) in [5, 5.41) is 2.56. The Morgan fingerprint density at radius 2 is 1.70 bits per heavy atom. The molecule has 140 valence electrons. The summed E-state index contributed by atoms with van der Waals surface area (Å²) in [6.07, 6.45) is 0.253. The van der Waals surface area contributed by atoms with Crippen LogP contribution in [0.2, 0.25) is 0 Å². The van der Waals surface area contributed by atoms with Crippen LogP contribution in [0.3, 0.4) is 0 Å². The fourth-order valence-electron chi connectivity index (χ4n) is 3.51. The second-order valence-electron chi connectivity index (χ2n) is 6.94. The first-order chi connectivity index (χ1) is 13.2. The smallest absolute Gasteiger partial charge is 0.238 e. The van der Waals surface area contributed by atoms with E-state index >= 15 is 0 Å². The van der Waals surface area contributed by atoms with E-state index in [0.717, 1.165) is 43.3 Å². The van der Waals surface area contributed by atoms with E-state index in [2.05, 4.69) is 34.5 Å². The number of piperazine rings is 1. The summed E-state index contributed by atoms with van der Waals surface area (Å²) in [7, 11) is 0. The maximum Gasteiger partial charge on any atom is 0.238 e. The molecule has 0 aliphatic carbocycles. The van der Waals surface area contributed by atoms with Gasteiger partial charge in [0.05, 0.1) is 10.9 Å². The highest BCUT2D eigenvalue weighted by Crippen LogP contribution is 2.36. The molecule has 2 aliphatic heterocycles. The molecule has 0 aromatic heterocycles. The first kappa shape index (κ1) is 18.1. The Balaban J connectivity index is 1.29. The zero-order chi connectivity index (χ0) is 18.6. The Labute approximate surface area is 163 Å². The zero-order valence-electron chi connectivity index (χ0n) is 15.1. The highest BCUT2D eigenvalue weighted by atomic mass is 32.2. The number of hydrogen-bond donors (Lipinski definition) is 1. The fourth-order valence-corrected chi connectivity index (χ4v) is 4.61. The molecule has 5 nitrogen and oxygen atoms in total. The van der Waals surface area contributed by atoms with Gasteiger partial charge in [0.1, 0.15) is 0 Å². The van der Waals surface area contributed by atoms with Gasteiger partial charge in [0.15, 0.2) is 0 Å². The van der Waals surface area contributed by atoms with Crippen molar-refractivity contribution in [3.05, 3.63) is 60.2 Å². The number of nitrogens with zero attached hydrogens (tertiary/aromatic N) is 2. The molecule has 4 rings (SSSR count). The van der Waals surface area contributed by atoms with Crippen LogP contribution in [0.25, 0.3) is 0 Å². The van der Waals surface area contributed by atoms with Crippen molar-refractivity contribution in [2.45, 2.75) is 23.1 Å². The van der Waals surface area contributed by atoms with Crippen LogP contribution in [0, 0.1) is 0 Å². The molecule has 0 unspecified atom stereocenters. The molecule has 2 aliphatic rings. The van der Waals surface area contributed by atoms with Gasteiger partial charge in [-0.15, -0.1) is 11.8 Å². The van der Waals surface area contributed by atoms with Crippen LogP contribution in [0.15, 0.2) is 59.5 Å². The molecule has 2 aromatic rings. The van der Waals surface area contributed by atoms with Gasteiger partial charge in [-0.1, -0.05) is 42.5 Å². The van der Waals surface area contributed by atoms with Crippen molar-refractivity contribution in [1.29, 1.82) is 0 Å². The Kier molecular flexibility index (Phi) is 5.45. The van der Waals surface area contributed by atoms with Crippen LogP contribution < -0.4 is 5.32 Å². The van der Waals surface area contributed by atoms with Crippen LogP contribution in [-0.2, 0) is 16.1 Å². The number of thioether (sulfide) groups is 1. The number of anilines is 1. The molecule has 1 saturated heterocycles. The molecule has 0 saturated carbocycles. The van der Waals surface area contributed by atoms with Crippen LogP contribution in [0.1, 0.15) is 12.0 Å². The summed E-state index contributed by atoms with van der Waals surface area (Å²) in [6, 6.07) is 18.1. The number of nitrogens with one attached hydrogen (secondary N) is 1. The van der Waals surface area contributed by atoms with Crippen molar-refractivity contribution < 1.29 is 9.59 Å². The predicted octanol–water partition coefficient (Wildman–Crippen LogP) is 2.83. The van der Waals surface area contributed by atoms with Gasteiger partial charge in [0.2, 0.25) is 11.8 Å². The third kappa shape index (κ3) is 4.34. The van der Waals surface area contributed by atoms with Gasteiger partial charge in [-0.2, -0.15) is 0 Å². The topological polar surface area (TPSA) is 52.7 Å². The lowest BCUT2D eigenvalue weighted by Gasteiger charge is -2.35. The number of fused-ring (bicyclic) bond motifs is 1. The van der Waals surface area contributed by atoms with E-state index in [0.29, 0.717) is 0 Å². The van der Waals surface area contributed by atoms with Gasteiger partial charge in [-0.25, -0.2) is 0 Å². The maximum atomic E-state index is 12.7. The SMILES string of the molecule is O=C1Nc2ccccc2S[C@@H]1CC(=O)N1CCN(Cc2ccccc2)CC1. The first-order valence-electron chi connectivity index (χ1n) is 9.29. The summed E-state index contributed by atoms with van der Waals surface area (Å²) < 4.78 is 0. The minimum atomic E-state index is -0.352. The highest BCUT2D eigenvalue weighted by molar-refractivity contribution is 8.01. The summed E-state index contributed by atoms with van der Waals surface area (Å²) >= 11 is 1.49. The van der Waals surface area contributed by atoms with Crippen LogP contribution in [-0.4, -0.2) is 53.0 Å². The predicted molar refractivity (Wildman–Crippen MR) is 108 cm³/mol. The third-order valence-corrected chi connectivity index (χ3v) is 6.32. The largest absolute Gasteiger partial charge is 0.340 e. The van der Waals surface area contributed by atoms with E-state index in [1.54, 1.807) is 0 Å². The van der Waals surface area contributed by atoms with Crippen molar-refractivity contribution in [1.82, 2.24) is 9.80 Å². The van der Waals surface area contributed by atoms with Crippen LogP contribution >= 0.6 is 11.8 Å². The molecule has 1 fully saturated rings. The van der Waals surface area contributed by atoms with Crippen molar-refractivity contribution in [2.24, 2.45) is 0 Å². The number of carbonyl (C=O) groups is 2. The zero-order valence-corrected chi connectivity index (χ0v) is 16.0. The van der Waals surface area contributed by atoms with Crippen molar-refractivity contribution in [3.8, 4) is 0 Å². The Hall–Kier alpha value is -2.31. The number of amides is 2. The highest BCUT2D eigenvalue weighted by Gasteiger charge is 2.31. The summed E-state index contributed by atoms with van der Waals surface area (Å²) in [5.41, 5.74) is 2.14. The van der Waals surface area contributed by atoms with E-state index < -0.39 is 0 Å². The standard InChI is InChI=1S/C21H23N3O2S/c25-20(14-19-21(26)22-17-8-4-5-9-18(17)27-19)24-12-10-23(11-13-24)15-16-6-2-1-3-7-16/h1-9,19H,10-15H2,(H,22,26)/t19-/m1/s1. The lowest BCUT2D eigenvalue weighted by molar-refractivity contribution is -0.134. The fraction of sp³-hybridized carbons (Fsp3) is 0.333. The van der Waals surface area contributed by atoms with Crippen LogP contribution in [0.5, 0.6) is 0 Å². The van der Waals surface area contributed by atoms with E-state index in [4.69, 9.17) is 0 Å². The number of carbonyl (C=O) groups excluding carboxylic acids is 2. The molecular weight excluding hydrogens is 358 g/mol. The molecule has 2 aromatic carbocycles. The summed E-state index contributed by atoms with van der Waals surface area (Å²) in [6.45, 7) is 4.10. The normalized spacial score (nSPS) is 20.1. The van der Waals surface area contributed by atoms with Gasteiger partial charge >= 0.3 is 0 Å². The molecule has 27 heavy (non-hydrogen) atoms. The van der Waals surface area contributed by atoms with Crippen LogP contribution in [0.4, 0.5) is 5.69 Å². The number of rotatable bonds is 4. The number of benzene rings is 2. The molecule has 6 heteroatoms. The molecule has 0 spiro atoms. The molecule has 1 N–H and O–H groups in total. The monoisotopic (exact) mass is 381 g/mol. The minimum absolute atomic E-state index is 0.0707. The minimum Gasteiger partial charge on any atom is -0.340 e. The number of para-hydroxylation sites is 1.